The predicted octanol–water partition coefficient (Wildman–Crippen LogP) is 3.27. The van der Waals surface area contributed by atoms with Crippen molar-refractivity contribution >= 4 is 5.78 Å². The van der Waals surface area contributed by atoms with Crippen LogP contribution in [0.2, 0.25) is 0 Å². The van der Waals surface area contributed by atoms with E-state index < -0.39 is 12.5 Å². The van der Waals surface area contributed by atoms with E-state index in [0.29, 0.717) is 12.0 Å². The van der Waals surface area contributed by atoms with Crippen LogP contribution in [0.1, 0.15) is 29.3 Å². The van der Waals surface area contributed by atoms with Crippen molar-refractivity contribution in [3.05, 3.63) is 53.9 Å². The summed E-state index contributed by atoms with van der Waals surface area (Å²) in [6.45, 7) is 1.15. The Labute approximate surface area is 109 Å². The highest BCUT2D eigenvalue weighted by atomic mass is 19.3. The monoisotopic (exact) mass is 264 g/mol. The zero-order valence-corrected chi connectivity index (χ0v) is 10.5. The molecule has 0 aliphatic carbocycles. The normalized spacial score (nSPS) is 11.5. The fourth-order valence-corrected chi connectivity index (χ4v) is 1.77. The van der Waals surface area contributed by atoms with Crippen molar-refractivity contribution in [3.8, 4) is 0 Å². The first kappa shape index (κ1) is 13.4. The van der Waals surface area contributed by atoms with E-state index in [-0.39, 0.29) is 11.3 Å². The third-order valence-electron chi connectivity index (χ3n) is 2.83. The molecule has 2 rings (SSSR count). The lowest BCUT2D eigenvalue weighted by atomic mass is 10.1. The van der Waals surface area contributed by atoms with Gasteiger partial charge >= 0.3 is 0 Å². The zero-order valence-electron chi connectivity index (χ0n) is 10.5. The standard InChI is InChI=1S/C14H14F2N2O/c1-2-13(19)11-8-17-18(9-11)10-14(15,16)12-6-4-3-5-7-12/h3-9H,2,10H2,1H3. The average Bonchev–Trinajstić information content (AvgIpc) is 2.86. The molecule has 1 aromatic carbocycles. The van der Waals surface area contributed by atoms with Crippen molar-refractivity contribution in [1.29, 1.82) is 0 Å². The molecule has 5 heteroatoms. The smallest absolute Gasteiger partial charge is 0.292 e. The van der Waals surface area contributed by atoms with E-state index in [9.17, 15) is 13.6 Å². The Balaban J connectivity index is 2.16. The molecule has 3 nitrogen and oxygen atoms in total. The van der Waals surface area contributed by atoms with Gasteiger partial charge in [-0.3, -0.25) is 9.48 Å². The van der Waals surface area contributed by atoms with Crippen LogP contribution >= 0.6 is 0 Å². The second-order valence-corrected chi connectivity index (χ2v) is 4.27. The van der Waals surface area contributed by atoms with Gasteiger partial charge in [-0.25, -0.2) is 0 Å². The lowest BCUT2D eigenvalue weighted by molar-refractivity contribution is -0.0254. The number of hydrogen-bond donors (Lipinski definition) is 0. The van der Waals surface area contributed by atoms with E-state index in [2.05, 4.69) is 5.10 Å². The first-order chi connectivity index (χ1) is 9.03. The molecule has 0 aliphatic heterocycles. The van der Waals surface area contributed by atoms with Gasteiger partial charge < -0.3 is 0 Å². The summed E-state index contributed by atoms with van der Waals surface area (Å²) >= 11 is 0. The Morgan fingerprint density at radius 3 is 2.63 bits per heavy atom. The Morgan fingerprint density at radius 2 is 2.00 bits per heavy atom. The van der Waals surface area contributed by atoms with E-state index in [0.717, 1.165) is 4.68 Å². The summed E-state index contributed by atoms with van der Waals surface area (Å²) in [6.07, 6.45) is 3.02. The van der Waals surface area contributed by atoms with Crippen molar-refractivity contribution < 1.29 is 13.6 Å². The Kier molecular flexibility index (Phi) is 3.74. The van der Waals surface area contributed by atoms with Crippen molar-refractivity contribution in [2.45, 2.75) is 25.8 Å². The average molecular weight is 264 g/mol. The van der Waals surface area contributed by atoms with Gasteiger partial charge in [-0.2, -0.15) is 13.9 Å². The second kappa shape index (κ2) is 5.30. The molecule has 19 heavy (non-hydrogen) atoms. The molecule has 0 aliphatic rings. The van der Waals surface area contributed by atoms with Crippen LogP contribution in [-0.2, 0) is 12.5 Å². The van der Waals surface area contributed by atoms with Gasteiger partial charge in [-0.15, -0.1) is 0 Å². The molecule has 1 aromatic heterocycles. The topological polar surface area (TPSA) is 34.9 Å². The number of ketones is 1. The molecule has 0 saturated heterocycles. The highest BCUT2D eigenvalue weighted by Crippen LogP contribution is 2.29. The van der Waals surface area contributed by atoms with E-state index in [1.807, 2.05) is 0 Å². The lowest BCUT2D eigenvalue weighted by Crippen LogP contribution is -2.21. The maximum Gasteiger partial charge on any atom is 0.292 e. The fraction of sp³-hybridized carbons (Fsp3) is 0.286. The van der Waals surface area contributed by atoms with Crippen LogP contribution in [0, 0.1) is 0 Å². The van der Waals surface area contributed by atoms with Gasteiger partial charge in [0.15, 0.2) is 5.78 Å². The van der Waals surface area contributed by atoms with Gasteiger partial charge in [0.1, 0.15) is 6.54 Å². The van der Waals surface area contributed by atoms with Crippen molar-refractivity contribution in [2.24, 2.45) is 0 Å². The highest BCUT2D eigenvalue weighted by Gasteiger charge is 2.32. The largest absolute Gasteiger partial charge is 0.294 e. The van der Waals surface area contributed by atoms with Crippen LogP contribution < -0.4 is 0 Å². The fourth-order valence-electron chi connectivity index (χ4n) is 1.77. The third kappa shape index (κ3) is 3.05. The summed E-state index contributed by atoms with van der Waals surface area (Å²) in [5.74, 6) is -3.12. The Bertz CT molecular complexity index is 564. The van der Waals surface area contributed by atoms with Crippen LogP contribution in [0.25, 0.3) is 0 Å². The number of nitrogens with zero attached hydrogens (tertiary/aromatic N) is 2. The summed E-state index contributed by atoms with van der Waals surface area (Å²) in [5, 5.41) is 3.81. The number of alkyl halides is 2. The Hall–Kier alpha value is -2.04. The minimum atomic E-state index is -3.01. The van der Waals surface area contributed by atoms with Gasteiger partial charge in [-0.1, -0.05) is 37.3 Å². The second-order valence-electron chi connectivity index (χ2n) is 4.27. The minimum Gasteiger partial charge on any atom is -0.294 e. The molecule has 0 unspecified atom stereocenters. The first-order valence-electron chi connectivity index (χ1n) is 6.02. The predicted molar refractivity (Wildman–Crippen MR) is 67.2 cm³/mol. The quantitative estimate of drug-likeness (QED) is 0.777. The molecule has 0 radical (unpaired) electrons. The molecule has 100 valence electrons. The molecule has 0 spiro atoms. The van der Waals surface area contributed by atoms with Crippen molar-refractivity contribution in [2.75, 3.05) is 0 Å². The number of halogens is 2. The molecule has 0 bridgehead atoms. The highest BCUT2D eigenvalue weighted by molar-refractivity contribution is 5.95. The molecule has 0 atom stereocenters. The summed E-state index contributed by atoms with van der Waals surface area (Å²) in [5.41, 5.74) is 0.306. The van der Waals surface area contributed by atoms with Gasteiger partial charge in [0.2, 0.25) is 0 Å². The van der Waals surface area contributed by atoms with E-state index in [1.165, 1.54) is 24.5 Å². The van der Waals surface area contributed by atoms with Gasteiger partial charge in [0.05, 0.1) is 11.8 Å². The maximum atomic E-state index is 14.0. The molecular formula is C14H14F2N2O. The van der Waals surface area contributed by atoms with Gasteiger partial charge in [-0.05, 0) is 0 Å². The number of Topliss-reactive ketones (excluding diaryl/α,β-unsaturated/α-hetero) is 1. The van der Waals surface area contributed by atoms with Crippen molar-refractivity contribution in [1.82, 2.24) is 9.78 Å². The number of benzene rings is 1. The molecule has 0 amide bonds. The van der Waals surface area contributed by atoms with Crippen LogP contribution in [0.5, 0.6) is 0 Å². The van der Waals surface area contributed by atoms with Gasteiger partial charge in [0, 0.05) is 18.2 Å². The van der Waals surface area contributed by atoms with Crippen LogP contribution in [0.3, 0.4) is 0 Å². The number of carbonyl (C=O) groups excluding carboxylic acids is 1. The van der Waals surface area contributed by atoms with Crippen LogP contribution in [0.15, 0.2) is 42.7 Å². The molecule has 0 N–H and O–H groups in total. The van der Waals surface area contributed by atoms with Gasteiger partial charge in [0.25, 0.3) is 5.92 Å². The summed E-state index contributed by atoms with van der Waals surface area (Å²) in [4.78, 5) is 11.4. The minimum absolute atomic E-state index is 0.0612. The molecular weight excluding hydrogens is 250 g/mol. The summed E-state index contributed by atoms with van der Waals surface area (Å²) in [6, 6.07) is 7.57. The van der Waals surface area contributed by atoms with Crippen LogP contribution in [0.4, 0.5) is 8.78 Å². The van der Waals surface area contributed by atoms with Crippen molar-refractivity contribution in [3.63, 3.8) is 0 Å². The lowest BCUT2D eigenvalue weighted by Gasteiger charge is -2.16. The summed E-state index contributed by atoms with van der Waals surface area (Å²) in [7, 11) is 0. The van der Waals surface area contributed by atoms with E-state index in [1.54, 1.807) is 25.1 Å². The molecule has 0 saturated carbocycles. The van der Waals surface area contributed by atoms with Crippen LogP contribution in [-0.4, -0.2) is 15.6 Å². The number of aromatic nitrogens is 2. The maximum absolute atomic E-state index is 14.0. The number of rotatable bonds is 5. The molecule has 1 heterocycles. The number of carbonyl (C=O) groups is 1. The Morgan fingerprint density at radius 1 is 1.32 bits per heavy atom. The SMILES string of the molecule is CCC(=O)c1cnn(CC(F)(F)c2ccccc2)c1. The zero-order chi connectivity index (χ0) is 13.9. The van der Waals surface area contributed by atoms with E-state index in [4.69, 9.17) is 0 Å². The molecule has 2 aromatic rings. The first-order valence-corrected chi connectivity index (χ1v) is 6.02. The number of hydrogen-bond acceptors (Lipinski definition) is 2. The third-order valence-corrected chi connectivity index (χ3v) is 2.83. The molecule has 0 fully saturated rings. The summed E-state index contributed by atoms with van der Waals surface area (Å²) < 4.78 is 29.1. The van der Waals surface area contributed by atoms with E-state index >= 15 is 0 Å².